The van der Waals surface area contributed by atoms with Crippen LogP contribution in [0.25, 0.3) is 11.3 Å². The minimum atomic E-state index is -0.236. The van der Waals surface area contributed by atoms with Gasteiger partial charge in [-0.15, -0.1) is 0 Å². The Morgan fingerprint density at radius 2 is 1.88 bits per heavy atom. The van der Waals surface area contributed by atoms with Crippen molar-refractivity contribution in [2.45, 2.75) is 19.8 Å². The van der Waals surface area contributed by atoms with Gasteiger partial charge in [-0.1, -0.05) is 38.1 Å². The monoisotopic (exact) mass is 229 g/mol. The van der Waals surface area contributed by atoms with Gasteiger partial charge in [0.15, 0.2) is 0 Å². The van der Waals surface area contributed by atoms with E-state index in [0.717, 1.165) is 5.56 Å². The number of rotatable bonds is 2. The molecule has 0 radical (unpaired) electrons. The second kappa shape index (κ2) is 4.41. The highest BCUT2D eigenvalue weighted by molar-refractivity contribution is 5.60. The number of aromatic nitrogens is 2. The molecule has 0 unspecified atom stereocenters. The third kappa shape index (κ3) is 2.53. The first-order chi connectivity index (χ1) is 8.06. The van der Waals surface area contributed by atoms with E-state index in [-0.39, 0.29) is 11.5 Å². The summed E-state index contributed by atoms with van der Waals surface area (Å²) < 4.78 is 0. The largest absolute Gasteiger partial charge is 0.369 e. The number of nitrogens with zero attached hydrogens (tertiary/aromatic N) is 1. The number of nitrogens with two attached hydrogens (primary N) is 1. The van der Waals surface area contributed by atoms with Crippen molar-refractivity contribution in [1.29, 1.82) is 0 Å². The minimum absolute atomic E-state index is 0.139. The molecule has 2 rings (SSSR count). The summed E-state index contributed by atoms with van der Waals surface area (Å²) in [6.07, 6.45) is 0. The Labute approximate surface area is 99.5 Å². The van der Waals surface area contributed by atoms with Crippen LogP contribution in [0.1, 0.15) is 25.3 Å². The molecule has 0 bridgehead atoms. The Morgan fingerprint density at radius 3 is 2.41 bits per heavy atom. The molecular weight excluding hydrogens is 214 g/mol. The Kier molecular flexibility index (Phi) is 2.95. The maximum absolute atomic E-state index is 11.3. The summed E-state index contributed by atoms with van der Waals surface area (Å²) in [7, 11) is 0. The van der Waals surface area contributed by atoms with Gasteiger partial charge < -0.3 is 5.73 Å². The van der Waals surface area contributed by atoms with E-state index in [4.69, 9.17) is 5.73 Å². The topological polar surface area (TPSA) is 71.8 Å². The molecule has 1 aromatic heterocycles. The summed E-state index contributed by atoms with van der Waals surface area (Å²) in [4.78, 5) is 17.8. The van der Waals surface area contributed by atoms with Crippen LogP contribution in [0.2, 0.25) is 0 Å². The van der Waals surface area contributed by atoms with Crippen LogP contribution in [-0.4, -0.2) is 9.97 Å². The lowest BCUT2D eigenvalue weighted by atomic mass is 10.0. The first-order valence-electron chi connectivity index (χ1n) is 5.53. The van der Waals surface area contributed by atoms with Crippen molar-refractivity contribution in [3.05, 3.63) is 46.2 Å². The van der Waals surface area contributed by atoms with E-state index in [1.165, 1.54) is 11.6 Å². The van der Waals surface area contributed by atoms with Gasteiger partial charge in [0, 0.05) is 11.6 Å². The van der Waals surface area contributed by atoms with Gasteiger partial charge in [-0.3, -0.25) is 9.78 Å². The van der Waals surface area contributed by atoms with Gasteiger partial charge in [-0.2, -0.15) is 0 Å². The Bertz CT molecular complexity index is 570. The van der Waals surface area contributed by atoms with Crippen LogP contribution < -0.4 is 11.3 Å². The summed E-state index contributed by atoms with van der Waals surface area (Å²) in [5, 5.41) is 0. The average molecular weight is 229 g/mol. The second-order valence-corrected chi connectivity index (χ2v) is 4.29. The highest BCUT2D eigenvalue weighted by atomic mass is 16.1. The fraction of sp³-hybridized carbons (Fsp3) is 0.231. The number of anilines is 1. The number of hydrogen-bond donors (Lipinski definition) is 2. The van der Waals surface area contributed by atoms with Crippen LogP contribution in [0, 0.1) is 0 Å². The fourth-order valence-corrected chi connectivity index (χ4v) is 1.66. The highest BCUT2D eigenvalue weighted by Gasteiger charge is 2.03. The molecule has 0 saturated carbocycles. The molecule has 0 aliphatic rings. The standard InChI is InChI=1S/C13H15N3O/c1-8(2)9-3-5-10(6-4-9)11-7-12(17)16-13(14)15-11/h3-8H,1-2H3,(H3,14,15,16,17). The highest BCUT2D eigenvalue weighted by Crippen LogP contribution is 2.20. The van der Waals surface area contributed by atoms with Crippen LogP contribution in [0.3, 0.4) is 0 Å². The lowest BCUT2D eigenvalue weighted by Gasteiger charge is -2.06. The van der Waals surface area contributed by atoms with Gasteiger partial charge in [0.05, 0.1) is 5.69 Å². The molecule has 3 N–H and O–H groups in total. The van der Waals surface area contributed by atoms with Gasteiger partial charge in [0.25, 0.3) is 5.56 Å². The quantitative estimate of drug-likeness (QED) is 0.828. The van der Waals surface area contributed by atoms with Crippen LogP contribution in [0.5, 0.6) is 0 Å². The van der Waals surface area contributed by atoms with Crippen molar-refractivity contribution < 1.29 is 0 Å². The van der Waals surface area contributed by atoms with E-state index >= 15 is 0 Å². The van der Waals surface area contributed by atoms with Crippen LogP contribution >= 0.6 is 0 Å². The van der Waals surface area contributed by atoms with E-state index in [9.17, 15) is 4.79 Å². The predicted octanol–water partition coefficient (Wildman–Crippen LogP) is 2.14. The molecule has 0 fully saturated rings. The number of H-pyrrole nitrogens is 1. The molecule has 0 atom stereocenters. The molecule has 1 heterocycles. The van der Waals surface area contributed by atoms with E-state index < -0.39 is 0 Å². The van der Waals surface area contributed by atoms with Gasteiger partial charge >= 0.3 is 0 Å². The van der Waals surface area contributed by atoms with Crippen LogP contribution in [-0.2, 0) is 0 Å². The van der Waals surface area contributed by atoms with E-state index in [2.05, 4.69) is 23.8 Å². The molecule has 0 saturated heterocycles. The zero-order valence-corrected chi connectivity index (χ0v) is 9.90. The number of nitrogens with one attached hydrogen (secondary N) is 1. The molecule has 2 aromatic rings. The SMILES string of the molecule is CC(C)c1ccc(-c2cc(=O)[nH]c(N)n2)cc1. The number of benzene rings is 1. The second-order valence-electron chi connectivity index (χ2n) is 4.29. The van der Waals surface area contributed by atoms with Gasteiger partial charge in [0.2, 0.25) is 5.95 Å². The van der Waals surface area contributed by atoms with Crippen molar-refractivity contribution in [3.63, 3.8) is 0 Å². The molecule has 0 aliphatic carbocycles. The molecular formula is C13H15N3O. The fourth-order valence-electron chi connectivity index (χ4n) is 1.66. The Morgan fingerprint density at radius 1 is 1.24 bits per heavy atom. The zero-order chi connectivity index (χ0) is 12.4. The number of aromatic amines is 1. The minimum Gasteiger partial charge on any atom is -0.369 e. The van der Waals surface area contributed by atoms with Crippen LogP contribution in [0.15, 0.2) is 35.1 Å². The summed E-state index contributed by atoms with van der Waals surface area (Å²) in [5.74, 6) is 0.627. The molecule has 0 aliphatic heterocycles. The summed E-state index contributed by atoms with van der Waals surface area (Å²) in [6, 6.07) is 9.44. The average Bonchev–Trinajstić information content (AvgIpc) is 2.28. The van der Waals surface area contributed by atoms with Gasteiger partial charge in [0.1, 0.15) is 0 Å². The molecule has 1 aromatic carbocycles. The molecule has 88 valence electrons. The van der Waals surface area contributed by atoms with Crippen molar-refractivity contribution in [2.75, 3.05) is 5.73 Å². The van der Waals surface area contributed by atoms with Gasteiger partial charge in [-0.05, 0) is 11.5 Å². The van der Waals surface area contributed by atoms with E-state index in [1.54, 1.807) is 0 Å². The number of hydrogen-bond acceptors (Lipinski definition) is 3. The Balaban J connectivity index is 2.43. The lowest BCUT2D eigenvalue weighted by Crippen LogP contribution is -2.10. The normalized spacial score (nSPS) is 10.8. The maximum Gasteiger partial charge on any atom is 0.252 e. The van der Waals surface area contributed by atoms with Crippen LogP contribution in [0.4, 0.5) is 5.95 Å². The first-order valence-corrected chi connectivity index (χ1v) is 5.53. The summed E-state index contributed by atoms with van der Waals surface area (Å²) in [5.41, 5.74) is 8.02. The molecule has 17 heavy (non-hydrogen) atoms. The van der Waals surface area contributed by atoms with Crippen molar-refractivity contribution in [2.24, 2.45) is 0 Å². The zero-order valence-electron chi connectivity index (χ0n) is 9.90. The first kappa shape index (κ1) is 11.4. The van der Waals surface area contributed by atoms with E-state index in [0.29, 0.717) is 11.6 Å². The third-order valence-electron chi connectivity index (χ3n) is 2.63. The molecule has 0 spiro atoms. The lowest BCUT2D eigenvalue weighted by molar-refractivity contribution is 0.867. The molecule has 0 amide bonds. The smallest absolute Gasteiger partial charge is 0.252 e. The molecule has 4 nitrogen and oxygen atoms in total. The van der Waals surface area contributed by atoms with Crippen molar-refractivity contribution in [3.8, 4) is 11.3 Å². The third-order valence-corrected chi connectivity index (χ3v) is 2.63. The van der Waals surface area contributed by atoms with Gasteiger partial charge in [-0.25, -0.2) is 4.98 Å². The predicted molar refractivity (Wildman–Crippen MR) is 68.8 cm³/mol. The summed E-state index contributed by atoms with van der Waals surface area (Å²) in [6.45, 7) is 4.27. The number of nitrogen functional groups attached to an aromatic ring is 1. The van der Waals surface area contributed by atoms with E-state index in [1.807, 2.05) is 24.3 Å². The van der Waals surface area contributed by atoms with Crippen molar-refractivity contribution >= 4 is 5.95 Å². The summed E-state index contributed by atoms with van der Waals surface area (Å²) >= 11 is 0. The molecule has 4 heteroatoms. The van der Waals surface area contributed by atoms with Crippen molar-refractivity contribution in [1.82, 2.24) is 9.97 Å². The Hall–Kier alpha value is -2.10. The maximum atomic E-state index is 11.3.